The molecule has 3 unspecified atom stereocenters. The number of nitrogens with one attached hydrogen (secondary N) is 2. The Morgan fingerprint density at radius 1 is 1.24 bits per heavy atom. The lowest BCUT2D eigenvalue weighted by atomic mass is 9.84. The van der Waals surface area contributed by atoms with Crippen LogP contribution in [0.25, 0.3) is 0 Å². The Kier molecular flexibility index (Phi) is 5.71. The highest BCUT2D eigenvalue weighted by molar-refractivity contribution is 6.08. The maximum Gasteiger partial charge on any atom is 0.239 e. The first-order chi connectivity index (χ1) is 12.1. The van der Waals surface area contributed by atoms with Gasteiger partial charge in [0.25, 0.3) is 0 Å². The molecule has 2 aliphatic rings. The first kappa shape index (κ1) is 17.9. The van der Waals surface area contributed by atoms with E-state index in [0.717, 1.165) is 0 Å². The van der Waals surface area contributed by atoms with Gasteiger partial charge in [0.15, 0.2) is 0 Å². The fraction of sp³-hybridized carbons (Fsp3) is 0.579. The fourth-order valence-electron chi connectivity index (χ4n) is 3.83. The van der Waals surface area contributed by atoms with Gasteiger partial charge in [-0.3, -0.25) is 9.59 Å². The van der Waals surface area contributed by atoms with Crippen LogP contribution in [0, 0.1) is 5.92 Å². The average molecular weight is 346 g/mol. The Labute approximate surface area is 147 Å². The molecule has 3 rings (SSSR count). The Balaban J connectivity index is 1.61. The normalized spacial score (nSPS) is 27.1. The van der Waals surface area contributed by atoms with Crippen molar-refractivity contribution in [1.82, 2.24) is 5.32 Å². The van der Waals surface area contributed by atoms with Crippen molar-refractivity contribution in [3.8, 4) is 0 Å². The third-order valence-corrected chi connectivity index (χ3v) is 5.25. The Hall–Kier alpha value is -1.92. The summed E-state index contributed by atoms with van der Waals surface area (Å²) in [5, 5.41) is 15.5. The van der Waals surface area contributed by atoms with Crippen LogP contribution in [0.4, 0.5) is 5.69 Å². The number of methoxy groups -OCH3 is 1. The molecule has 1 aliphatic heterocycles. The first-order valence-corrected chi connectivity index (χ1v) is 8.98. The lowest BCUT2D eigenvalue weighted by Crippen LogP contribution is -2.38. The molecule has 136 valence electrons. The summed E-state index contributed by atoms with van der Waals surface area (Å²) in [7, 11) is 1.49. The van der Waals surface area contributed by atoms with E-state index in [2.05, 4.69) is 10.6 Å². The molecule has 1 aromatic carbocycles. The number of hydrogen-bond donors (Lipinski definition) is 3. The highest BCUT2D eigenvalue weighted by Gasteiger charge is 2.45. The lowest BCUT2D eigenvalue weighted by Gasteiger charge is -2.22. The van der Waals surface area contributed by atoms with Crippen molar-refractivity contribution < 1.29 is 19.4 Å². The van der Waals surface area contributed by atoms with E-state index < -0.39 is 29.9 Å². The van der Waals surface area contributed by atoms with E-state index in [4.69, 9.17) is 4.74 Å². The Bertz CT molecular complexity index is 610. The Morgan fingerprint density at radius 3 is 2.56 bits per heavy atom. The maximum atomic E-state index is 12.4. The molecule has 1 saturated carbocycles. The summed E-state index contributed by atoms with van der Waals surface area (Å²) < 4.78 is 4.96. The summed E-state index contributed by atoms with van der Waals surface area (Å²) in [6.07, 6.45) is 5.23. The topological polar surface area (TPSA) is 87.7 Å². The minimum absolute atomic E-state index is 0.173. The molecule has 2 fully saturated rings. The molecule has 1 heterocycles. The maximum absolute atomic E-state index is 12.4. The summed E-state index contributed by atoms with van der Waals surface area (Å²) in [4.78, 5) is 24.4. The van der Waals surface area contributed by atoms with Gasteiger partial charge in [0.05, 0.1) is 18.8 Å². The van der Waals surface area contributed by atoms with Crippen LogP contribution in [0.15, 0.2) is 24.3 Å². The van der Waals surface area contributed by atoms with E-state index in [1.165, 1.54) is 44.8 Å². The number of ether oxygens (including phenoxy) is 1. The molecule has 2 amide bonds. The van der Waals surface area contributed by atoms with Crippen molar-refractivity contribution in [2.75, 3.05) is 19.0 Å². The van der Waals surface area contributed by atoms with Crippen LogP contribution in [0.2, 0.25) is 0 Å². The number of benzene rings is 1. The SMILES string of the molecule is COCC1NC(=O)C(C(=O)Nc2ccc(C3CCCCC3)cc2)C1O. The van der Waals surface area contributed by atoms with Crippen molar-refractivity contribution in [2.24, 2.45) is 5.92 Å². The van der Waals surface area contributed by atoms with Crippen molar-refractivity contribution in [1.29, 1.82) is 0 Å². The van der Waals surface area contributed by atoms with Gasteiger partial charge >= 0.3 is 0 Å². The highest BCUT2D eigenvalue weighted by atomic mass is 16.5. The van der Waals surface area contributed by atoms with E-state index in [9.17, 15) is 14.7 Å². The average Bonchev–Trinajstić information content (AvgIpc) is 2.90. The zero-order valence-electron chi connectivity index (χ0n) is 14.5. The van der Waals surface area contributed by atoms with Gasteiger partial charge in [-0.25, -0.2) is 0 Å². The van der Waals surface area contributed by atoms with Crippen LogP contribution in [-0.2, 0) is 14.3 Å². The van der Waals surface area contributed by atoms with Crippen LogP contribution in [0.3, 0.4) is 0 Å². The minimum atomic E-state index is -1.11. The summed E-state index contributed by atoms with van der Waals surface area (Å²) in [5.74, 6) is -1.46. The molecule has 0 bridgehead atoms. The van der Waals surface area contributed by atoms with E-state index in [1.54, 1.807) is 0 Å². The molecule has 3 atom stereocenters. The number of carbonyl (C=O) groups excluding carboxylic acids is 2. The molecule has 0 spiro atoms. The van der Waals surface area contributed by atoms with E-state index >= 15 is 0 Å². The number of rotatable bonds is 5. The van der Waals surface area contributed by atoms with Crippen molar-refractivity contribution in [3.05, 3.63) is 29.8 Å². The smallest absolute Gasteiger partial charge is 0.239 e. The van der Waals surface area contributed by atoms with E-state index in [-0.39, 0.29) is 6.61 Å². The number of carbonyl (C=O) groups is 2. The predicted molar refractivity (Wildman–Crippen MR) is 94.2 cm³/mol. The van der Waals surface area contributed by atoms with Crippen LogP contribution < -0.4 is 10.6 Å². The van der Waals surface area contributed by atoms with Gasteiger partial charge in [0.2, 0.25) is 11.8 Å². The Morgan fingerprint density at radius 2 is 1.92 bits per heavy atom. The number of amides is 2. The monoisotopic (exact) mass is 346 g/mol. The molecule has 1 aromatic rings. The van der Waals surface area contributed by atoms with Gasteiger partial charge in [-0.05, 0) is 36.5 Å². The van der Waals surface area contributed by atoms with E-state index in [1.807, 2.05) is 24.3 Å². The number of anilines is 1. The molecule has 3 N–H and O–H groups in total. The van der Waals surface area contributed by atoms with Crippen molar-refractivity contribution in [3.63, 3.8) is 0 Å². The second-order valence-corrected chi connectivity index (χ2v) is 6.98. The summed E-state index contributed by atoms with van der Waals surface area (Å²) >= 11 is 0. The van der Waals surface area contributed by atoms with Crippen LogP contribution in [-0.4, -0.2) is 42.8 Å². The molecule has 1 aliphatic carbocycles. The molecule has 6 nitrogen and oxygen atoms in total. The molecule has 25 heavy (non-hydrogen) atoms. The summed E-state index contributed by atoms with van der Waals surface area (Å²) in [6.45, 7) is 0.173. The minimum Gasteiger partial charge on any atom is -0.390 e. The molecule has 0 aromatic heterocycles. The zero-order chi connectivity index (χ0) is 17.8. The summed E-state index contributed by atoms with van der Waals surface area (Å²) in [5.41, 5.74) is 1.94. The molecule has 0 radical (unpaired) electrons. The standard InChI is InChI=1S/C19H26N2O4/c1-25-11-15-17(22)16(19(24)21-15)18(23)20-14-9-7-13(8-10-14)12-5-3-2-4-6-12/h7-10,12,15-17,22H,2-6,11H2,1H3,(H,20,23)(H,21,24). The van der Waals surface area contributed by atoms with Gasteiger partial charge in [-0.1, -0.05) is 31.4 Å². The molecule has 1 saturated heterocycles. The predicted octanol–water partition coefficient (Wildman–Crippen LogP) is 1.79. The van der Waals surface area contributed by atoms with Crippen molar-refractivity contribution >= 4 is 17.5 Å². The largest absolute Gasteiger partial charge is 0.390 e. The van der Waals surface area contributed by atoms with Gasteiger partial charge in [-0.2, -0.15) is 0 Å². The van der Waals surface area contributed by atoms with Crippen LogP contribution >= 0.6 is 0 Å². The third-order valence-electron chi connectivity index (χ3n) is 5.25. The third kappa shape index (κ3) is 4.02. The van der Waals surface area contributed by atoms with Crippen LogP contribution in [0.1, 0.15) is 43.6 Å². The first-order valence-electron chi connectivity index (χ1n) is 8.98. The lowest BCUT2D eigenvalue weighted by molar-refractivity contribution is -0.132. The van der Waals surface area contributed by atoms with Gasteiger partial charge in [0.1, 0.15) is 5.92 Å². The second-order valence-electron chi connectivity index (χ2n) is 6.98. The number of hydrogen-bond acceptors (Lipinski definition) is 4. The van der Waals surface area contributed by atoms with Gasteiger partial charge < -0.3 is 20.5 Å². The highest BCUT2D eigenvalue weighted by Crippen LogP contribution is 2.33. The number of aliphatic hydroxyl groups excluding tert-OH is 1. The molecular formula is C19H26N2O4. The molecule has 6 heteroatoms. The van der Waals surface area contributed by atoms with E-state index in [0.29, 0.717) is 11.6 Å². The fourth-order valence-corrected chi connectivity index (χ4v) is 3.83. The second kappa shape index (κ2) is 7.97. The van der Waals surface area contributed by atoms with Gasteiger partial charge in [-0.15, -0.1) is 0 Å². The zero-order valence-corrected chi connectivity index (χ0v) is 14.5. The van der Waals surface area contributed by atoms with Crippen LogP contribution in [0.5, 0.6) is 0 Å². The quantitative estimate of drug-likeness (QED) is 0.710. The summed E-state index contributed by atoms with van der Waals surface area (Å²) in [6, 6.07) is 7.28. The molecular weight excluding hydrogens is 320 g/mol. The number of aliphatic hydroxyl groups is 1. The van der Waals surface area contributed by atoms with Gasteiger partial charge in [0, 0.05) is 12.8 Å². The van der Waals surface area contributed by atoms with Crippen molar-refractivity contribution in [2.45, 2.75) is 50.2 Å².